The number of benzene rings is 2. The van der Waals surface area contributed by atoms with E-state index >= 15 is 0 Å². The highest BCUT2D eigenvalue weighted by atomic mass is 35.5. The van der Waals surface area contributed by atoms with Gasteiger partial charge in [0.25, 0.3) is 11.8 Å². The summed E-state index contributed by atoms with van der Waals surface area (Å²) in [5, 5.41) is 6.07. The van der Waals surface area contributed by atoms with Crippen molar-refractivity contribution >= 4 is 46.4 Å². The maximum Gasteiger partial charge on any atom is 0.265 e. The van der Waals surface area contributed by atoms with Gasteiger partial charge in [-0.3, -0.25) is 14.6 Å². The fourth-order valence-electron chi connectivity index (χ4n) is 2.63. The fourth-order valence-corrected chi connectivity index (χ4v) is 2.96. The molecule has 2 aromatic carbocycles. The minimum absolute atomic E-state index is 0.235. The standard InChI is InChI=1S/C22H19Cl2N3O4/c1-13(31-18-7-3-6-16(23)20(18)24)21(28)26-15-8-9-17(19(11-15)30-2)27-22(29)14-5-4-10-25-12-14/h3-13H,1-2H3,(H,26,28)(H,27,29). The Balaban J connectivity index is 1.68. The van der Waals surface area contributed by atoms with Crippen molar-refractivity contribution in [3.8, 4) is 11.5 Å². The second kappa shape index (κ2) is 10.1. The van der Waals surface area contributed by atoms with E-state index in [1.54, 1.807) is 61.7 Å². The molecule has 9 heteroatoms. The average Bonchev–Trinajstić information content (AvgIpc) is 2.78. The highest BCUT2D eigenvalue weighted by molar-refractivity contribution is 6.42. The van der Waals surface area contributed by atoms with E-state index in [0.717, 1.165) is 0 Å². The number of carbonyl (C=O) groups is 2. The Morgan fingerprint density at radius 1 is 1.03 bits per heavy atom. The van der Waals surface area contributed by atoms with Gasteiger partial charge in [0, 0.05) is 24.1 Å². The molecule has 1 atom stereocenters. The fraction of sp³-hybridized carbons (Fsp3) is 0.136. The zero-order chi connectivity index (χ0) is 22.4. The smallest absolute Gasteiger partial charge is 0.265 e. The van der Waals surface area contributed by atoms with Crippen LogP contribution in [0.2, 0.25) is 10.0 Å². The molecule has 0 aliphatic carbocycles. The average molecular weight is 460 g/mol. The largest absolute Gasteiger partial charge is 0.494 e. The van der Waals surface area contributed by atoms with Crippen LogP contribution < -0.4 is 20.1 Å². The van der Waals surface area contributed by atoms with Gasteiger partial charge in [0.1, 0.15) is 16.5 Å². The molecule has 7 nitrogen and oxygen atoms in total. The lowest BCUT2D eigenvalue weighted by atomic mass is 10.2. The second-order valence-electron chi connectivity index (χ2n) is 6.41. The van der Waals surface area contributed by atoms with Gasteiger partial charge < -0.3 is 20.1 Å². The molecule has 1 aromatic heterocycles. The van der Waals surface area contributed by atoms with E-state index in [1.165, 1.54) is 13.3 Å². The summed E-state index contributed by atoms with van der Waals surface area (Å²) in [6.45, 7) is 1.59. The summed E-state index contributed by atoms with van der Waals surface area (Å²) < 4.78 is 11.0. The van der Waals surface area contributed by atoms with E-state index in [-0.39, 0.29) is 10.9 Å². The molecule has 31 heavy (non-hydrogen) atoms. The second-order valence-corrected chi connectivity index (χ2v) is 7.20. The summed E-state index contributed by atoms with van der Waals surface area (Å²) >= 11 is 12.1. The third-order valence-electron chi connectivity index (χ3n) is 4.23. The van der Waals surface area contributed by atoms with Crippen LogP contribution in [0.3, 0.4) is 0 Å². The lowest BCUT2D eigenvalue weighted by Crippen LogP contribution is -2.30. The normalized spacial score (nSPS) is 11.4. The first kappa shape index (κ1) is 22.4. The van der Waals surface area contributed by atoms with E-state index in [9.17, 15) is 9.59 Å². The molecule has 0 radical (unpaired) electrons. The molecule has 0 saturated carbocycles. The number of pyridine rings is 1. The van der Waals surface area contributed by atoms with E-state index < -0.39 is 12.0 Å². The topological polar surface area (TPSA) is 89.5 Å². The van der Waals surface area contributed by atoms with E-state index in [1.807, 2.05) is 0 Å². The Hall–Kier alpha value is -3.29. The van der Waals surface area contributed by atoms with Crippen molar-refractivity contribution in [1.82, 2.24) is 4.98 Å². The number of amides is 2. The zero-order valence-electron chi connectivity index (χ0n) is 16.7. The number of anilines is 2. The number of hydrogen-bond acceptors (Lipinski definition) is 5. The molecule has 0 saturated heterocycles. The number of nitrogens with zero attached hydrogens (tertiary/aromatic N) is 1. The number of hydrogen-bond donors (Lipinski definition) is 2. The number of rotatable bonds is 7. The molecular weight excluding hydrogens is 441 g/mol. The van der Waals surface area contributed by atoms with Crippen molar-refractivity contribution < 1.29 is 19.1 Å². The summed E-state index contributed by atoms with van der Waals surface area (Å²) in [6, 6.07) is 13.1. The van der Waals surface area contributed by atoms with Gasteiger partial charge in [-0.05, 0) is 43.3 Å². The molecule has 1 heterocycles. The molecule has 2 amide bonds. The summed E-state index contributed by atoms with van der Waals surface area (Å²) in [4.78, 5) is 28.8. The van der Waals surface area contributed by atoms with Gasteiger partial charge in [-0.1, -0.05) is 29.3 Å². The number of ether oxygens (including phenoxy) is 2. The summed E-state index contributed by atoms with van der Waals surface area (Å²) in [5.41, 5.74) is 1.32. The first-order valence-electron chi connectivity index (χ1n) is 9.20. The maximum atomic E-state index is 12.5. The Kier molecular flexibility index (Phi) is 7.33. The van der Waals surface area contributed by atoms with Crippen LogP contribution in [-0.4, -0.2) is 30.0 Å². The lowest BCUT2D eigenvalue weighted by molar-refractivity contribution is -0.122. The molecule has 0 aliphatic rings. The molecular formula is C22H19Cl2N3O4. The molecule has 0 fully saturated rings. The highest BCUT2D eigenvalue weighted by Crippen LogP contribution is 2.32. The van der Waals surface area contributed by atoms with E-state index in [2.05, 4.69) is 15.6 Å². The van der Waals surface area contributed by atoms with E-state index in [0.29, 0.717) is 33.5 Å². The lowest BCUT2D eigenvalue weighted by Gasteiger charge is -2.17. The summed E-state index contributed by atoms with van der Waals surface area (Å²) in [6.07, 6.45) is 2.20. The van der Waals surface area contributed by atoms with Crippen molar-refractivity contribution in [2.45, 2.75) is 13.0 Å². The van der Waals surface area contributed by atoms with Gasteiger partial charge in [0.15, 0.2) is 6.10 Å². The number of halogens is 2. The Morgan fingerprint density at radius 2 is 1.84 bits per heavy atom. The summed E-state index contributed by atoms with van der Waals surface area (Å²) in [7, 11) is 1.47. The predicted molar refractivity (Wildman–Crippen MR) is 120 cm³/mol. The predicted octanol–water partition coefficient (Wildman–Crippen LogP) is 5.06. The van der Waals surface area contributed by atoms with Gasteiger partial charge in [0.2, 0.25) is 0 Å². The van der Waals surface area contributed by atoms with Crippen LogP contribution in [0, 0.1) is 0 Å². The van der Waals surface area contributed by atoms with Crippen molar-refractivity contribution in [3.63, 3.8) is 0 Å². The highest BCUT2D eigenvalue weighted by Gasteiger charge is 2.18. The van der Waals surface area contributed by atoms with Gasteiger partial charge >= 0.3 is 0 Å². The van der Waals surface area contributed by atoms with Crippen LogP contribution in [0.4, 0.5) is 11.4 Å². The van der Waals surface area contributed by atoms with Crippen LogP contribution in [0.1, 0.15) is 17.3 Å². The monoisotopic (exact) mass is 459 g/mol. The minimum atomic E-state index is -0.841. The van der Waals surface area contributed by atoms with Crippen molar-refractivity contribution in [2.24, 2.45) is 0 Å². The third-order valence-corrected chi connectivity index (χ3v) is 5.03. The molecule has 0 spiro atoms. The van der Waals surface area contributed by atoms with Gasteiger partial charge in [-0.15, -0.1) is 0 Å². The van der Waals surface area contributed by atoms with Gasteiger partial charge in [0.05, 0.1) is 23.4 Å². The quantitative estimate of drug-likeness (QED) is 0.515. The Bertz CT molecular complexity index is 1090. The first-order chi connectivity index (χ1) is 14.9. The molecule has 160 valence electrons. The maximum absolute atomic E-state index is 12.5. The number of nitrogens with one attached hydrogen (secondary N) is 2. The molecule has 1 unspecified atom stereocenters. The SMILES string of the molecule is COc1cc(NC(=O)C(C)Oc2cccc(Cl)c2Cl)ccc1NC(=O)c1cccnc1. The number of carbonyl (C=O) groups excluding carboxylic acids is 2. The number of aromatic nitrogens is 1. The van der Waals surface area contributed by atoms with Crippen LogP contribution in [0.25, 0.3) is 0 Å². The third kappa shape index (κ3) is 5.65. The Labute approximate surface area is 189 Å². The molecule has 3 rings (SSSR count). The molecule has 2 N–H and O–H groups in total. The van der Waals surface area contributed by atoms with Crippen LogP contribution >= 0.6 is 23.2 Å². The molecule has 0 aliphatic heterocycles. The van der Waals surface area contributed by atoms with Crippen LogP contribution in [-0.2, 0) is 4.79 Å². The van der Waals surface area contributed by atoms with Gasteiger partial charge in [-0.2, -0.15) is 0 Å². The minimum Gasteiger partial charge on any atom is -0.494 e. The van der Waals surface area contributed by atoms with E-state index in [4.69, 9.17) is 32.7 Å². The molecule has 3 aromatic rings. The molecule has 0 bridgehead atoms. The Morgan fingerprint density at radius 3 is 2.55 bits per heavy atom. The van der Waals surface area contributed by atoms with Crippen molar-refractivity contribution in [2.75, 3.05) is 17.7 Å². The zero-order valence-corrected chi connectivity index (χ0v) is 18.2. The first-order valence-corrected chi connectivity index (χ1v) is 9.95. The van der Waals surface area contributed by atoms with Crippen LogP contribution in [0.15, 0.2) is 60.9 Å². The van der Waals surface area contributed by atoms with Gasteiger partial charge in [-0.25, -0.2) is 0 Å². The number of methoxy groups -OCH3 is 1. The van der Waals surface area contributed by atoms with Crippen LogP contribution in [0.5, 0.6) is 11.5 Å². The van der Waals surface area contributed by atoms with Crippen molar-refractivity contribution in [3.05, 3.63) is 76.5 Å². The van der Waals surface area contributed by atoms with Crippen molar-refractivity contribution in [1.29, 1.82) is 0 Å². The summed E-state index contributed by atoms with van der Waals surface area (Å²) in [5.74, 6) is -0.0433.